The van der Waals surface area contributed by atoms with Gasteiger partial charge in [-0.2, -0.15) is 0 Å². The lowest BCUT2D eigenvalue weighted by atomic mass is 9.81. The number of amides is 2. The third-order valence-electron chi connectivity index (χ3n) is 8.80. The Labute approximate surface area is 259 Å². The second kappa shape index (κ2) is 13.2. The third-order valence-corrected chi connectivity index (χ3v) is 9.17. The zero-order valence-electron chi connectivity index (χ0n) is 25.3. The lowest BCUT2D eigenvalue weighted by Gasteiger charge is -2.47. The summed E-state index contributed by atoms with van der Waals surface area (Å²) in [4.78, 5) is 29.9. The van der Waals surface area contributed by atoms with Crippen LogP contribution < -0.4 is 10.1 Å². The summed E-state index contributed by atoms with van der Waals surface area (Å²) in [6, 6.07) is 19.2. The number of aryl methyl sites for hydroxylation is 2. The molecule has 2 aliphatic rings. The Bertz CT molecular complexity index is 1530. The number of likely N-dealkylation sites (N-methyl/N-ethyl adjacent to an activating group) is 1. The number of piperazine rings is 1. The van der Waals surface area contributed by atoms with Crippen LogP contribution in [0, 0.1) is 20.8 Å². The summed E-state index contributed by atoms with van der Waals surface area (Å²) in [6.07, 6.45) is 0.223. The van der Waals surface area contributed by atoms with Crippen molar-refractivity contribution in [2.45, 2.75) is 59.2 Å². The number of carbonyl (C=O) groups excluding carboxylic acids is 1. The van der Waals surface area contributed by atoms with Gasteiger partial charge in [-0.25, -0.2) is 4.79 Å². The van der Waals surface area contributed by atoms with Crippen molar-refractivity contribution in [3.63, 3.8) is 0 Å². The average molecular weight is 602 g/mol. The molecule has 226 valence electrons. The van der Waals surface area contributed by atoms with Gasteiger partial charge in [0.2, 0.25) is 0 Å². The Morgan fingerprint density at radius 3 is 2.44 bits per heavy atom. The molecule has 2 aliphatic heterocycles. The molecule has 2 bridgehead atoms. The van der Waals surface area contributed by atoms with Gasteiger partial charge < -0.3 is 20.1 Å². The Morgan fingerprint density at radius 2 is 1.74 bits per heavy atom. The number of hydrogen-bond donors (Lipinski definition) is 2. The maximum atomic E-state index is 14.3. The predicted molar refractivity (Wildman–Crippen MR) is 171 cm³/mol. The lowest BCUT2D eigenvalue weighted by molar-refractivity contribution is -0.128. The van der Waals surface area contributed by atoms with Gasteiger partial charge in [-0.15, -0.1) is 0 Å². The molecule has 3 aromatic carbocycles. The molecule has 43 heavy (non-hydrogen) atoms. The maximum absolute atomic E-state index is 14.3. The van der Waals surface area contributed by atoms with Gasteiger partial charge in [-0.1, -0.05) is 66.2 Å². The van der Waals surface area contributed by atoms with Crippen LogP contribution in [0.2, 0.25) is 5.02 Å². The van der Waals surface area contributed by atoms with Gasteiger partial charge in [-0.05, 0) is 79.1 Å². The van der Waals surface area contributed by atoms with E-state index in [-0.39, 0.29) is 11.9 Å². The Balaban J connectivity index is 1.43. The highest BCUT2D eigenvalue weighted by Crippen LogP contribution is 2.38. The van der Waals surface area contributed by atoms with Gasteiger partial charge in [0.05, 0.1) is 18.7 Å². The fraction of sp³-hybridized carbons (Fsp3) is 0.371. The molecule has 0 saturated carbocycles. The number of hydrogen-bond acceptors (Lipinski definition) is 4. The maximum Gasteiger partial charge on any atom is 0.408 e. The molecule has 0 radical (unpaired) electrons. The first kappa shape index (κ1) is 30.6. The summed E-state index contributed by atoms with van der Waals surface area (Å²) in [5.41, 5.74) is 7.93. The topological polar surface area (TPSA) is 82.1 Å². The van der Waals surface area contributed by atoms with Crippen LogP contribution >= 0.6 is 11.6 Å². The Kier molecular flexibility index (Phi) is 9.43. The van der Waals surface area contributed by atoms with E-state index >= 15 is 0 Å². The molecule has 2 atom stereocenters. The van der Waals surface area contributed by atoms with Crippen LogP contribution in [0.15, 0.2) is 66.2 Å². The molecule has 2 heterocycles. The van der Waals surface area contributed by atoms with Crippen LogP contribution in [-0.4, -0.2) is 65.2 Å². The van der Waals surface area contributed by atoms with Crippen molar-refractivity contribution in [1.29, 1.82) is 0 Å². The van der Waals surface area contributed by atoms with Crippen molar-refractivity contribution < 1.29 is 19.4 Å². The molecule has 7 nitrogen and oxygen atoms in total. The summed E-state index contributed by atoms with van der Waals surface area (Å²) < 4.78 is 6.19. The van der Waals surface area contributed by atoms with Crippen LogP contribution in [0.25, 0.3) is 5.57 Å². The monoisotopic (exact) mass is 601 g/mol. The predicted octanol–water partition coefficient (Wildman–Crippen LogP) is 6.41. The third kappa shape index (κ3) is 6.43. The molecule has 0 unspecified atom stereocenters. The first-order valence-corrected chi connectivity index (χ1v) is 15.3. The zero-order chi connectivity index (χ0) is 30.7. The molecule has 1 saturated heterocycles. The first-order chi connectivity index (χ1) is 20.7. The molecule has 1 fully saturated rings. The average Bonchev–Trinajstić information content (AvgIpc) is 3.00. The molecular weight excluding hydrogens is 562 g/mol. The molecule has 8 heteroatoms. The number of halogens is 1. The highest BCUT2D eigenvalue weighted by Gasteiger charge is 2.45. The molecular formula is C35H40ClN3O4. The van der Waals surface area contributed by atoms with Crippen LogP contribution in [0.1, 0.15) is 46.7 Å². The van der Waals surface area contributed by atoms with Crippen LogP contribution in [0.5, 0.6) is 5.75 Å². The number of nitrogens with zero attached hydrogens (tertiary/aromatic N) is 2. The van der Waals surface area contributed by atoms with Crippen molar-refractivity contribution in [2.24, 2.45) is 0 Å². The number of fused-ring (bicyclic) bond motifs is 2. The fourth-order valence-corrected chi connectivity index (χ4v) is 6.45. The highest BCUT2D eigenvalue weighted by atomic mass is 35.5. The number of benzene rings is 3. The van der Waals surface area contributed by atoms with Crippen LogP contribution in [0.4, 0.5) is 4.79 Å². The van der Waals surface area contributed by atoms with E-state index in [9.17, 15) is 14.7 Å². The standard InChI is InChI=1S/C35H40ClN3O4/c1-5-38(21-27-8-6-7-9-30(27)36)34(40)32-29(18-28-19-37-20-31(32)39(28)35(41)42)26-14-12-25(13-15-26)16-17-43-33-23(3)11-10-22(2)24(33)4/h6-15,28,31,37H,5,16-21H2,1-4H3,(H,41,42)/t28-,31-/m1/s1. The van der Waals surface area contributed by atoms with Gasteiger partial charge in [0.1, 0.15) is 5.75 Å². The van der Waals surface area contributed by atoms with E-state index in [1.807, 2.05) is 31.2 Å². The summed E-state index contributed by atoms with van der Waals surface area (Å²) in [7, 11) is 0. The summed E-state index contributed by atoms with van der Waals surface area (Å²) in [5, 5.41) is 14.1. The minimum absolute atomic E-state index is 0.155. The molecule has 0 spiro atoms. The number of carbonyl (C=O) groups is 2. The van der Waals surface area contributed by atoms with E-state index in [1.165, 1.54) is 16.0 Å². The molecule has 0 aromatic heterocycles. The summed E-state index contributed by atoms with van der Waals surface area (Å²) >= 11 is 6.44. The second-order valence-electron chi connectivity index (χ2n) is 11.5. The summed E-state index contributed by atoms with van der Waals surface area (Å²) in [5.74, 6) is 0.796. The van der Waals surface area contributed by atoms with Crippen molar-refractivity contribution in [2.75, 3.05) is 26.2 Å². The second-order valence-corrected chi connectivity index (χ2v) is 11.9. The van der Waals surface area contributed by atoms with E-state index in [1.54, 1.807) is 4.90 Å². The fourth-order valence-electron chi connectivity index (χ4n) is 6.25. The molecule has 2 N–H and O–H groups in total. The molecule has 3 aromatic rings. The SMILES string of the molecule is CCN(Cc1ccccc1Cl)C(=O)C1=C(c2ccc(CCOc3c(C)ccc(C)c3C)cc2)C[C@@H]2CNC[C@H]1N2C(=O)O. The smallest absolute Gasteiger partial charge is 0.408 e. The van der Waals surface area contributed by atoms with Gasteiger partial charge in [0.15, 0.2) is 0 Å². The number of carboxylic acid groups (broad SMARTS) is 1. The van der Waals surface area contributed by atoms with Crippen molar-refractivity contribution in [3.05, 3.63) is 105 Å². The normalized spacial score (nSPS) is 18.0. The van der Waals surface area contributed by atoms with Crippen molar-refractivity contribution in [1.82, 2.24) is 15.1 Å². The lowest BCUT2D eigenvalue weighted by Crippen LogP contribution is -2.63. The van der Waals surface area contributed by atoms with Gasteiger partial charge in [0.25, 0.3) is 5.91 Å². The van der Waals surface area contributed by atoms with Gasteiger partial charge in [-0.3, -0.25) is 9.69 Å². The zero-order valence-corrected chi connectivity index (χ0v) is 26.1. The van der Waals surface area contributed by atoms with E-state index in [0.29, 0.717) is 49.8 Å². The Morgan fingerprint density at radius 1 is 1.02 bits per heavy atom. The molecule has 0 aliphatic carbocycles. The number of rotatable bonds is 9. The van der Waals surface area contributed by atoms with Gasteiger partial charge >= 0.3 is 6.09 Å². The molecule has 2 amide bonds. The van der Waals surface area contributed by atoms with Crippen LogP contribution in [-0.2, 0) is 17.8 Å². The largest absolute Gasteiger partial charge is 0.493 e. The molecule has 5 rings (SSSR count). The van der Waals surface area contributed by atoms with E-state index < -0.39 is 12.1 Å². The number of ether oxygens (including phenoxy) is 1. The summed E-state index contributed by atoms with van der Waals surface area (Å²) in [6.45, 7) is 10.5. The quantitative estimate of drug-likeness (QED) is 0.296. The van der Waals surface area contributed by atoms with E-state index in [4.69, 9.17) is 16.3 Å². The Hall–Kier alpha value is -3.81. The van der Waals surface area contributed by atoms with E-state index in [2.05, 4.69) is 62.5 Å². The van der Waals surface area contributed by atoms with Crippen molar-refractivity contribution >= 4 is 29.2 Å². The minimum atomic E-state index is -0.996. The van der Waals surface area contributed by atoms with E-state index in [0.717, 1.165) is 40.0 Å². The van der Waals surface area contributed by atoms with Crippen LogP contribution in [0.3, 0.4) is 0 Å². The highest BCUT2D eigenvalue weighted by molar-refractivity contribution is 6.31. The van der Waals surface area contributed by atoms with Gasteiger partial charge in [0, 0.05) is 43.2 Å². The first-order valence-electron chi connectivity index (χ1n) is 15.0. The van der Waals surface area contributed by atoms with Crippen molar-refractivity contribution in [3.8, 4) is 5.75 Å². The minimum Gasteiger partial charge on any atom is -0.493 e. The number of nitrogens with one attached hydrogen (secondary N) is 1.